The highest BCUT2D eigenvalue weighted by Crippen LogP contribution is 2.24. The minimum atomic E-state index is -0.706. The molecule has 0 saturated carbocycles. The summed E-state index contributed by atoms with van der Waals surface area (Å²) in [6.07, 6.45) is 1.55. The third-order valence-electron chi connectivity index (χ3n) is 3.87. The zero-order valence-corrected chi connectivity index (χ0v) is 11.6. The molecule has 20 heavy (non-hydrogen) atoms. The van der Waals surface area contributed by atoms with E-state index in [4.69, 9.17) is 9.84 Å². The normalized spacial score (nSPS) is 22.9. The quantitative estimate of drug-likeness (QED) is 0.813. The first-order valence-electron chi connectivity index (χ1n) is 6.93. The van der Waals surface area contributed by atoms with Crippen molar-refractivity contribution in [1.82, 2.24) is 4.90 Å². The molecule has 0 amide bonds. The number of likely N-dealkylation sites (tertiary alicyclic amines) is 1. The average molecular weight is 281 g/mol. The van der Waals surface area contributed by atoms with E-state index < -0.39 is 5.97 Å². The van der Waals surface area contributed by atoms with Gasteiger partial charge in [0.25, 0.3) is 0 Å². The highest BCUT2D eigenvalue weighted by molar-refractivity contribution is 5.71. The summed E-state index contributed by atoms with van der Waals surface area (Å²) in [7, 11) is 0. The van der Waals surface area contributed by atoms with Crippen molar-refractivity contribution < 1.29 is 19.0 Å². The van der Waals surface area contributed by atoms with Crippen molar-refractivity contribution in [3.8, 4) is 5.75 Å². The summed E-state index contributed by atoms with van der Waals surface area (Å²) in [6, 6.07) is 6.03. The summed E-state index contributed by atoms with van der Waals surface area (Å²) in [4.78, 5) is 13.2. The van der Waals surface area contributed by atoms with Crippen LogP contribution in [0.15, 0.2) is 24.3 Å². The minimum absolute atomic E-state index is 0.0818. The largest absolute Gasteiger partial charge is 0.494 e. The van der Waals surface area contributed by atoms with Gasteiger partial charge in [0.2, 0.25) is 0 Å². The maximum atomic E-state index is 12.7. The molecule has 0 radical (unpaired) electrons. The Morgan fingerprint density at radius 1 is 1.45 bits per heavy atom. The topological polar surface area (TPSA) is 49.8 Å². The van der Waals surface area contributed by atoms with E-state index in [1.165, 1.54) is 12.1 Å². The number of aliphatic carboxylic acids is 1. The van der Waals surface area contributed by atoms with Crippen LogP contribution in [0.3, 0.4) is 0 Å². The Hall–Kier alpha value is -1.62. The van der Waals surface area contributed by atoms with Crippen molar-refractivity contribution in [3.63, 3.8) is 0 Å². The number of carboxylic acid groups (broad SMARTS) is 1. The molecule has 1 N–H and O–H groups in total. The summed E-state index contributed by atoms with van der Waals surface area (Å²) in [6.45, 7) is 4.17. The van der Waals surface area contributed by atoms with Crippen LogP contribution in [0, 0.1) is 11.7 Å². The van der Waals surface area contributed by atoms with Gasteiger partial charge in [0, 0.05) is 12.6 Å². The zero-order chi connectivity index (χ0) is 14.5. The van der Waals surface area contributed by atoms with Crippen molar-refractivity contribution in [2.75, 3.05) is 19.7 Å². The molecule has 0 bridgehead atoms. The lowest BCUT2D eigenvalue weighted by molar-refractivity contribution is -0.142. The van der Waals surface area contributed by atoms with Crippen LogP contribution in [0.2, 0.25) is 0 Å². The van der Waals surface area contributed by atoms with E-state index in [0.29, 0.717) is 12.4 Å². The van der Waals surface area contributed by atoms with Crippen LogP contribution in [-0.4, -0.2) is 41.7 Å². The second-order valence-corrected chi connectivity index (χ2v) is 5.17. The molecule has 1 heterocycles. The van der Waals surface area contributed by atoms with Gasteiger partial charge in [-0.1, -0.05) is 0 Å². The first-order chi connectivity index (χ1) is 9.58. The minimum Gasteiger partial charge on any atom is -0.494 e. The number of carbonyl (C=O) groups is 1. The van der Waals surface area contributed by atoms with Gasteiger partial charge in [0.05, 0.1) is 12.5 Å². The molecule has 1 fully saturated rings. The van der Waals surface area contributed by atoms with Gasteiger partial charge < -0.3 is 9.84 Å². The Balaban J connectivity index is 1.69. The maximum absolute atomic E-state index is 12.7. The van der Waals surface area contributed by atoms with Crippen molar-refractivity contribution in [2.24, 2.45) is 5.92 Å². The van der Waals surface area contributed by atoms with Gasteiger partial charge in [-0.15, -0.1) is 0 Å². The molecule has 1 aromatic rings. The molecule has 110 valence electrons. The van der Waals surface area contributed by atoms with Gasteiger partial charge in [-0.25, -0.2) is 4.39 Å². The lowest BCUT2D eigenvalue weighted by atomic mass is 10.0. The summed E-state index contributed by atoms with van der Waals surface area (Å²) in [5.41, 5.74) is 0. The second kappa shape index (κ2) is 6.70. The molecule has 2 unspecified atom stereocenters. The number of rotatable bonds is 6. The Labute approximate surface area is 118 Å². The number of hydrogen-bond acceptors (Lipinski definition) is 3. The third kappa shape index (κ3) is 3.70. The third-order valence-corrected chi connectivity index (χ3v) is 3.87. The lowest BCUT2D eigenvalue weighted by Crippen LogP contribution is -2.34. The van der Waals surface area contributed by atoms with E-state index in [1.807, 2.05) is 6.92 Å². The van der Waals surface area contributed by atoms with Crippen molar-refractivity contribution >= 4 is 5.97 Å². The van der Waals surface area contributed by atoms with Crippen LogP contribution in [-0.2, 0) is 4.79 Å². The van der Waals surface area contributed by atoms with Crippen molar-refractivity contribution in [1.29, 1.82) is 0 Å². The lowest BCUT2D eigenvalue weighted by Gasteiger charge is -2.22. The molecular weight excluding hydrogens is 261 g/mol. The Kier molecular flexibility index (Phi) is 4.95. The fourth-order valence-electron chi connectivity index (χ4n) is 2.64. The van der Waals surface area contributed by atoms with E-state index in [1.54, 1.807) is 12.1 Å². The van der Waals surface area contributed by atoms with Gasteiger partial charge in [0.1, 0.15) is 11.6 Å². The Morgan fingerprint density at radius 2 is 2.15 bits per heavy atom. The summed E-state index contributed by atoms with van der Waals surface area (Å²) >= 11 is 0. The van der Waals surface area contributed by atoms with Gasteiger partial charge in [-0.2, -0.15) is 0 Å². The Morgan fingerprint density at radius 3 is 2.75 bits per heavy atom. The van der Waals surface area contributed by atoms with Crippen LogP contribution in [0.5, 0.6) is 5.75 Å². The molecule has 0 aliphatic carbocycles. The predicted molar refractivity (Wildman–Crippen MR) is 73.3 cm³/mol. The second-order valence-electron chi connectivity index (χ2n) is 5.17. The molecule has 0 spiro atoms. The fourth-order valence-corrected chi connectivity index (χ4v) is 2.64. The van der Waals surface area contributed by atoms with Crippen LogP contribution in [0.1, 0.15) is 19.8 Å². The molecule has 1 aromatic carbocycles. The fraction of sp³-hybridized carbons (Fsp3) is 0.533. The zero-order valence-electron chi connectivity index (χ0n) is 11.6. The maximum Gasteiger partial charge on any atom is 0.308 e. The smallest absolute Gasteiger partial charge is 0.308 e. The van der Waals surface area contributed by atoms with E-state index >= 15 is 0 Å². The van der Waals surface area contributed by atoms with E-state index in [2.05, 4.69) is 4.90 Å². The monoisotopic (exact) mass is 281 g/mol. The van der Waals surface area contributed by atoms with Gasteiger partial charge in [0.15, 0.2) is 0 Å². The molecule has 2 atom stereocenters. The molecule has 1 saturated heterocycles. The molecule has 4 nitrogen and oxygen atoms in total. The van der Waals surface area contributed by atoms with E-state index in [0.717, 1.165) is 25.9 Å². The van der Waals surface area contributed by atoms with Crippen molar-refractivity contribution in [3.05, 3.63) is 30.1 Å². The van der Waals surface area contributed by atoms with Crippen molar-refractivity contribution in [2.45, 2.75) is 25.8 Å². The number of ether oxygens (including phenoxy) is 1. The van der Waals surface area contributed by atoms with E-state index in [-0.39, 0.29) is 17.8 Å². The SMILES string of the molecule is CC1C(C(=O)O)CCN1CCCOc1ccc(F)cc1. The molecule has 1 aliphatic heterocycles. The summed E-state index contributed by atoms with van der Waals surface area (Å²) in [5.74, 6) is -0.581. The van der Waals surface area contributed by atoms with Crippen LogP contribution in [0.25, 0.3) is 0 Å². The molecule has 1 aliphatic rings. The van der Waals surface area contributed by atoms with Crippen LogP contribution in [0.4, 0.5) is 4.39 Å². The summed E-state index contributed by atoms with van der Waals surface area (Å²) < 4.78 is 18.2. The molecular formula is C15H20FNO3. The molecule has 2 rings (SSSR count). The number of benzene rings is 1. The first kappa shape index (κ1) is 14.8. The number of nitrogens with zero attached hydrogens (tertiary/aromatic N) is 1. The van der Waals surface area contributed by atoms with Gasteiger partial charge >= 0.3 is 5.97 Å². The first-order valence-corrected chi connectivity index (χ1v) is 6.93. The average Bonchev–Trinajstić information content (AvgIpc) is 2.78. The Bertz CT molecular complexity index is 449. The van der Waals surface area contributed by atoms with Crippen LogP contribution >= 0.6 is 0 Å². The van der Waals surface area contributed by atoms with Crippen LogP contribution < -0.4 is 4.74 Å². The highest BCUT2D eigenvalue weighted by atomic mass is 19.1. The number of hydrogen-bond donors (Lipinski definition) is 1. The van der Waals surface area contributed by atoms with Gasteiger partial charge in [-0.3, -0.25) is 9.69 Å². The van der Waals surface area contributed by atoms with Gasteiger partial charge in [-0.05, 0) is 50.6 Å². The summed E-state index contributed by atoms with van der Waals surface area (Å²) in [5, 5.41) is 9.06. The standard InChI is InChI=1S/C15H20FNO3/c1-11-14(15(18)19)7-9-17(11)8-2-10-20-13-5-3-12(16)4-6-13/h3-6,11,14H,2,7-10H2,1H3,(H,18,19). The molecule has 0 aromatic heterocycles. The highest BCUT2D eigenvalue weighted by Gasteiger charge is 2.34. The number of halogens is 1. The van der Waals surface area contributed by atoms with E-state index in [9.17, 15) is 9.18 Å². The molecule has 5 heteroatoms. The number of carboxylic acids is 1. The predicted octanol–water partition coefficient (Wildman–Crippen LogP) is 2.39.